The molecule has 47 heavy (non-hydrogen) atoms. The number of carbonyl (C=O) groups excluding carboxylic acids is 4. The monoisotopic (exact) mass is 653 g/mol. The number of rotatable bonds is 4. The third kappa shape index (κ3) is 4.39. The van der Waals surface area contributed by atoms with Gasteiger partial charge >= 0.3 is 0 Å². The van der Waals surface area contributed by atoms with E-state index in [1.165, 1.54) is 78.9 Å². The van der Waals surface area contributed by atoms with E-state index in [4.69, 9.17) is 27.9 Å². The summed E-state index contributed by atoms with van der Waals surface area (Å²) in [6, 6.07) is 24.2. The second kappa shape index (κ2) is 10.8. The molecule has 222 valence electrons. The van der Waals surface area contributed by atoms with Gasteiger partial charge < -0.3 is 4.74 Å². The zero-order valence-electron chi connectivity index (χ0n) is 23.5. The molecule has 7 rings (SSSR count). The minimum atomic E-state index is -0.822. The van der Waals surface area contributed by atoms with Crippen LogP contribution in [0.15, 0.2) is 78.9 Å². The Kier molecular flexibility index (Phi) is 6.73. The van der Waals surface area contributed by atoms with Crippen LogP contribution in [0.1, 0.15) is 58.1 Å². The van der Waals surface area contributed by atoms with Gasteiger partial charge in [0, 0.05) is 21.9 Å². The van der Waals surface area contributed by atoms with Gasteiger partial charge in [-0.3, -0.25) is 19.2 Å². The maximum atomic E-state index is 14.3. The molecule has 0 aromatic heterocycles. The molecule has 5 aromatic carbocycles. The molecule has 0 saturated carbocycles. The number of hydrogen-bond donors (Lipinski definition) is 0. The summed E-state index contributed by atoms with van der Waals surface area (Å²) in [5.41, 5.74) is 0.768. The van der Waals surface area contributed by atoms with Crippen molar-refractivity contribution in [2.24, 2.45) is 0 Å². The van der Waals surface area contributed by atoms with Crippen molar-refractivity contribution in [3.8, 4) is 29.7 Å². The zero-order chi connectivity index (χ0) is 33.1. The Morgan fingerprint density at radius 1 is 0.553 bits per heavy atom. The number of carbonyl (C=O) groups is 4. The van der Waals surface area contributed by atoms with E-state index in [0.717, 1.165) is 9.80 Å². The lowest BCUT2D eigenvalue weighted by Crippen LogP contribution is -2.43. The van der Waals surface area contributed by atoms with Gasteiger partial charge in [-0.25, -0.2) is 9.80 Å². The number of benzene rings is 5. The summed E-state index contributed by atoms with van der Waals surface area (Å²) < 4.78 is 6.17. The normalized spacial score (nSPS) is 13.3. The molecule has 0 atom stereocenters. The van der Waals surface area contributed by atoms with Gasteiger partial charge in [-0.05, 0) is 78.9 Å². The summed E-state index contributed by atoms with van der Waals surface area (Å²) in [6.07, 6.45) is 0. The summed E-state index contributed by atoms with van der Waals surface area (Å²) in [7, 11) is 0. The summed E-state index contributed by atoms with van der Waals surface area (Å²) in [6.45, 7) is 0. The molecule has 12 heteroatoms. The van der Waals surface area contributed by atoms with Crippen molar-refractivity contribution in [2.75, 3.05) is 9.80 Å². The van der Waals surface area contributed by atoms with Crippen LogP contribution < -0.4 is 14.5 Å². The van der Waals surface area contributed by atoms with Gasteiger partial charge in [0.05, 0.1) is 55.3 Å². The average molecular weight is 654 g/mol. The van der Waals surface area contributed by atoms with Gasteiger partial charge in [-0.2, -0.15) is 15.8 Å². The van der Waals surface area contributed by atoms with Crippen molar-refractivity contribution in [3.63, 3.8) is 0 Å². The molecule has 0 saturated heterocycles. The van der Waals surface area contributed by atoms with Gasteiger partial charge in [-0.15, -0.1) is 0 Å². The SMILES string of the molecule is N#Cc1ccc(Oc2cc3c4c(ccc5c4c2C(=O)N(c2ccc(C#N)c(Cl)c2)C5=O)C(=O)N(c2ccc(C#N)c(Cl)c2)C3=O)cc1. The molecule has 5 aromatic rings. The van der Waals surface area contributed by atoms with E-state index in [0.29, 0.717) is 5.56 Å². The minimum absolute atomic E-state index is 0.0147. The highest BCUT2D eigenvalue weighted by Gasteiger charge is 2.43. The van der Waals surface area contributed by atoms with Crippen molar-refractivity contribution in [2.45, 2.75) is 0 Å². The second-order valence-electron chi connectivity index (χ2n) is 10.4. The number of halogens is 2. The topological polar surface area (TPSA) is 155 Å². The highest BCUT2D eigenvalue weighted by molar-refractivity contribution is 6.43. The maximum absolute atomic E-state index is 14.3. The quantitative estimate of drug-likeness (QED) is 0.185. The fourth-order valence-corrected chi connectivity index (χ4v) is 6.11. The van der Waals surface area contributed by atoms with Crippen LogP contribution in [-0.4, -0.2) is 23.6 Å². The van der Waals surface area contributed by atoms with Gasteiger partial charge in [0.1, 0.15) is 23.6 Å². The van der Waals surface area contributed by atoms with E-state index in [9.17, 15) is 35.0 Å². The molecule has 0 spiro atoms. The molecule has 2 heterocycles. The van der Waals surface area contributed by atoms with Crippen LogP contribution in [-0.2, 0) is 0 Å². The van der Waals surface area contributed by atoms with E-state index in [1.54, 1.807) is 0 Å². The van der Waals surface area contributed by atoms with Gasteiger partial charge in [0.25, 0.3) is 23.6 Å². The molecule has 0 radical (unpaired) electrons. The molecule has 0 bridgehead atoms. The van der Waals surface area contributed by atoms with Gasteiger partial charge in [0.2, 0.25) is 0 Å². The van der Waals surface area contributed by atoms with Crippen LogP contribution in [0.4, 0.5) is 11.4 Å². The molecule has 0 aliphatic carbocycles. The van der Waals surface area contributed by atoms with Crippen LogP contribution in [0.2, 0.25) is 10.0 Å². The van der Waals surface area contributed by atoms with E-state index in [1.807, 2.05) is 18.2 Å². The molecule has 0 fully saturated rings. The zero-order valence-corrected chi connectivity index (χ0v) is 25.1. The first-order valence-electron chi connectivity index (χ1n) is 13.7. The third-order valence-corrected chi connectivity index (χ3v) is 8.46. The molecule has 2 aliphatic rings. The standard InChI is InChI=1S/C35H13Cl2N5O5/c36-26-11-20(5-3-18(26)15-39)41-32(43)23-9-10-24-30-29(23)25(34(41)45)13-28(47-22-7-1-17(14-38)2-8-22)31(30)35(46)42(33(24)44)21-6-4-19(16-40)27(37)12-21/h1-13H. The Bertz CT molecular complexity index is 2440. The highest BCUT2D eigenvalue weighted by atomic mass is 35.5. The maximum Gasteiger partial charge on any atom is 0.269 e. The predicted octanol–water partition coefficient (Wildman–Crippen LogP) is 7.16. The molecular formula is C35H13Cl2N5O5. The van der Waals surface area contributed by atoms with Gasteiger partial charge in [-0.1, -0.05) is 23.2 Å². The Morgan fingerprint density at radius 2 is 1.06 bits per heavy atom. The number of ether oxygens (including phenoxy) is 1. The summed E-state index contributed by atoms with van der Waals surface area (Å²) >= 11 is 12.5. The Labute approximate surface area is 275 Å². The average Bonchev–Trinajstić information content (AvgIpc) is 3.07. The number of amides is 4. The number of hydrogen-bond acceptors (Lipinski definition) is 8. The van der Waals surface area contributed by atoms with Crippen molar-refractivity contribution in [3.05, 3.63) is 128 Å². The fourth-order valence-electron chi connectivity index (χ4n) is 5.68. The highest BCUT2D eigenvalue weighted by Crippen LogP contribution is 2.45. The van der Waals surface area contributed by atoms with Gasteiger partial charge in [0.15, 0.2) is 0 Å². The second-order valence-corrected chi connectivity index (χ2v) is 11.2. The lowest BCUT2D eigenvalue weighted by Gasteiger charge is -2.33. The summed E-state index contributed by atoms with van der Waals surface area (Å²) in [4.78, 5) is 58.1. The smallest absolute Gasteiger partial charge is 0.269 e. The molecular weight excluding hydrogens is 641 g/mol. The van der Waals surface area contributed by atoms with Crippen LogP contribution in [0, 0.1) is 34.0 Å². The van der Waals surface area contributed by atoms with Crippen LogP contribution in [0.25, 0.3) is 10.8 Å². The lowest BCUT2D eigenvalue weighted by atomic mass is 9.85. The molecule has 10 nitrogen and oxygen atoms in total. The van der Waals surface area contributed by atoms with E-state index in [-0.39, 0.29) is 77.1 Å². The van der Waals surface area contributed by atoms with Crippen LogP contribution in [0.5, 0.6) is 11.5 Å². The molecule has 0 unspecified atom stereocenters. The molecule has 2 aliphatic heterocycles. The first-order valence-corrected chi connectivity index (χ1v) is 14.4. The predicted molar refractivity (Wildman–Crippen MR) is 170 cm³/mol. The van der Waals surface area contributed by atoms with Crippen molar-refractivity contribution in [1.82, 2.24) is 0 Å². The molecule has 4 amide bonds. The Balaban J connectivity index is 1.48. The summed E-state index contributed by atoms with van der Waals surface area (Å²) in [5, 5.41) is 28.0. The Hall–Kier alpha value is -6.51. The van der Waals surface area contributed by atoms with Crippen LogP contribution >= 0.6 is 23.2 Å². The first kappa shape index (κ1) is 29.2. The number of nitrogens with zero attached hydrogens (tertiary/aromatic N) is 5. The van der Waals surface area contributed by atoms with Crippen molar-refractivity contribution < 1.29 is 23.9 Å². The third-order valence-electron chi connectivity index (χ3n) is 7.84. The fraction of sp³-hybridized carbons (Fsp3) is 0. The largest absolute Gasteiger partial charge is 0.456 e. The minimum Gasteiger partial charge on any atom is -0.456 e. The van der Waals surface area contributed by atoms with E-state index in [2.05, 4.69) is 0 Å². The Morgan fingerprint density at radius 3 is 1.57 bits per heavy atom. The van der Waals surface area contributed by atoms with Crippen molar-refractivity contribution >= 4 is 69.0 Å². The first-order chi connectivity index (χ1) is 22.7. The number of anilines is 2. The van der Waals surface area contributed by atoms with Crippen molar-refractivity contribution in [1.29, 1.82) is 15.8 Å². The van der Waals surface area contributed by atoms with E-state index < -0.39 is 23.6 Å². The molecule has 0 N–H and O–H groups in total. The lowest BCUT2D eigenvalue weighted by molar-refractivity contribution is 0.0871. The number of nitriles is 3. The van der Waals surface area contributed by atoms with E-state index >= 15 is 0 Å². The van der Waals surface area contributed by atoms with Crippen LogP contribution in [0.3, 0.4) is 0 Å². The summed E-state index contributed by atoms with van der Waals surface area (Å²) in [5.74, 6) is -2.97. The number of imide groups is 2.